The van der Waals surface area contributed by atoms with Crippen molar-refractivity contribution in [2.75, 3.05) is 11.9 Å². The molecule has 1 rings (SSSR count). The molecule has 0 bridgehead atoms. The van der Waals surface area contributed by atoms with E-state index in [-0.39, 0.29) is 6.61 Å². The molecule has 4 nitrogen and oxygen atoms in total. The van der Waals surface area contributed by atoms with Crippen molar-refractivity contribution in [3.63, 3.8) is 0 Å². The Kier molecular flexibility index (Phi) is 3.77. The molecule has 0 aliphatic rings. The van der Waals surface area contributed by atoms with Crippen LogP contribution in [0, 0.1) is 12.3 Å². The molecule has 1 aromatic rings. The number of rotatable bonds is 2. The average molecular weight is 211 g/mol. The van der Waals surface area contributed by atoms with Gasteiger partial charge in [0.25, 0.3) is 0 Å². The second-order valence-corrected chi connectivity index (χ2v) is 2.66. The Morgan fingerprint density at radius 3 is 3.07 bits per heavy atom. The molecule has 1 amide bonds. The molecule has 0 unspecified atom stereocenters. The molecule has 0 aromatic carbocycles. The maximum absolute atomic E-state index is 11.0. The zero-order valence-electron chi connectivity index (χ0n) is 7.16. The normalized spacial score (nSPS) is 8.86. The van der Waals surface area contributed by atoms with Gasteiger partial charge in [-0.3, -0.25) is 5.32 Å². The lowest BCUT2D eigenvalue weighted by molar-refractivity contribution is 0.176. The molecule has 1 N–H and O–H groups in total. The van der Waals surface area contributed by atoms with Crippen LogP contribution >= 0.6 is 11.6 Å². The fourth-order valence-electron chi connectivity index (χ4n) is 0.711. The number of nitrogens with zero attached hydrogens (tertiary/aromatic N) is 1. The van der Waals surface area contributed by atoms with Crippen LogP contribution in [0.5, 0.6) is 0 Å². The summed E-state index contributed by atoms with van der Waals surface area (Å²) in [7, 11) is 0. The molecule has 0 radical (unpaired) electrons. The standard InChI is InChI=1S/C9H7ClN2O2/c1-2-5-14-9(13)12-7-3-4-8(10)11-6-7/h1,3-4,6H,5H2,(H,12,13). The Morgan fingerprint density at radius 2 is 2.50 bits per heavy atom. The summed E-state index contributed by atoms with van der Waals surface area (Å²) in [6, 6.07) is 3.16. The molecule has 5 heteroatoms. The predicted octanol–water partition coefficient (Wildman–Crippen LogP) is 1.92. The third kappa shape index (κ3) is 3.33. The van der Waals surface area contributed by atoms with Gasteiger partial charge in [-0.15, -0.1) is 6.42 Å². The van der Waals surface area contributed by atoms with Crippen molar-refractivity contribution in [3.05, 3.63) is 23.5 Å². The summed E-state index contributed by atoms with van der Waals surface area (Å²) in [5.74, 6) is 2.17. The van der Waals surface area contributed by atoms with Gasteiger partial charge in [0.15, 0.2) is 6.61 Å². The van der Waals surface area contributed by atoms with Crippen LogP contribution in [0.3, 0.4) is 0 Å². The van der Waals surface area contributed by atoms with Crippen LogP contribution in [0.25, 0.3) is 0 Å². The number of pyridine rings is 1. The summed E-state index contributed by atoms with van der Waals surface area (Å²) in [6.45, 7) is -0.0626. The van der Waals surface area contributed by atoms with Crippen LogP contribution in [0.4, 0.5) is 10.5 Å². The molecule has 14 heavy (non-hydrogen) atoms. The molecule has 72 valence electrons. The first-order chi connectivity index (χ1) is 6.72. The van der Waals surface area contributed by atoms with E-state index in [9.17, 15) is 4.79 Å². The summed E-state index contributed by atoms with van der Waals surface area (Å²) in [4.78, 5) is 14.7. The number of hydrogen-bond donors (Lipinski definition) is 1. The van der Waals surface area contributed by atoms with E-state index in [1.54, 1.807) is 12.1 Å². The minimum atomic E-state index is -0.618. The van der Waals surface area contributed by atoms with Crippen molar-refractivity contribution in [2.45, 2.75) is 0 Å². The topological polar surface area (TPSA) is 51.2 Å². The number of carbonyl (C=O) groups is 1. The Balaban J connectivity index is 2.49. The lowest BCUT2D eigenvalue weighted by atomic mass is 10.4. The molecule has 1 aromatic heterocycles. The van der Waals surface area contributed by atoms with Gasteiger partial charge in [-0.2, -0.15) is 0 Å². The Morgan fingerprint density at radius 1 is 1.71 bits per heavy atom. The molecule has 0 saturated heterocycles. The van der Waals surface area contributed by atoms with Crippen LogP contribution < -0.4 is 5.32 Å². The predicted molar refractivity (Wildman–Crippen MR) is 53.1 cm³/mol. The van der Waals surface area contributed by atoms with Gasteiger partial charge in [-0.05, 0) is 12.1 Å². The van der Waals surface area contributed by atoms with E-state index in [1.165, 1.54) is 6.20 Å². The minimum Gasteiger partial charge on any atom is -0.436 e. The van der Waals surface area contributed by atoms with Crippen molar-refractivity contribution in [1.29, 1.82) is 0 Å². The Bertz CT molecular complexity index is 356. The van der Waals surface area contributed by atoms with E-state index in [1.807, 2.05) is 0 Å². The SMILES string of the molecule is C#CCOC(=O)Nc1ccc(Cl)nc1. The summed E-state index contributed by atoms with van der Waals surface area (Å²) in [5.41, 5.74) is 0.497. The summed E-state index contributed by atoms with van der Waals surface area (Å²) in [5, 5.41) is 2.78. The summed E-state index contributed by atoms with van der Waals surface area (Å²) >= 11 is 5.55. The van der Waals surface area contributed by atoms with E-state index < -0.39 is 6.09 Å². The molecule has 0 fully saturated rings. The van der Waals surface area contributed by atoms with Gasteiger partial charge < -0.3 is 4.74 Å². The maximum atomic E-state index is 11.0. The fraction of sp³-hybridized carbons (Fsp3) is 0.111. The smallest absolute Gasteiger partial charge is 0.412 e. The number of amides is 1. The zero-order chi connectivity index (χ0) is 10.4. The van der Waals surface area contributed by atoms with E-state index in [4.69, 9.17) is 18.0 Å². The first-order valence-electron chi connectivity index (χ1n) is 3.71. The third-order valence-corrected chi connectivity index (χ3v) is 1.48. The first kappa shape index (κ1) is 10.4. The lowest BCUT2D eigenvalue weighted by Crippen LogP contribution is -2.13. The number of aromatic nitrogens is 1. The van der Waals surface area contributed by atoms with Gasteiger partial charge in [-0.1, -0.05) is 17.5 Å². The van der Waals surface area contributed by atoms with Crippen LogP contribution in [0.2, 0.25) is 5.15 Å². The molecule has 0 aliphatic carbocycles. The van der Waals surface area contributed by atoms with Gasteiger partial charge in [0.1, 0.15) is 5.15 Å². The number of anilines is 1. The highest BCUT2D eigenvalue weighted by Crippen LogP contribution is 2.09. The second-order valence-electron chi connectivity index (χ2n) is 2.27. The number of nitrogens with one attached hydrogen (secondary N) is 1. The van der Waals surface area contributed by atoms with E-state index in [0.717, 1.165) is 0 Å². The number of halogens is 1. The summed E-state index contributed by atoms with van der Waals surface area (Å²) in [6.07, 6.45) is 5.70. The van der Waals surface area contributed by atoms with Crippen LogP contribution in [-0.4, -0.2) is 17.7 Å². The van der Waals surface area contributed by atoms with Crippen LogP contribution in [-0.2, 0) is 4.74 Å². The van der Waals surface area contributed by atoms with Crippen LogP contribution in [0.1, 0.15) is 0 Å². The highest BCUT2D eigenvalue weighted by Gasteiger charge is 2.01. The third-order valence-electron chi connectivity index (χ3n) is 1.26. The summed E-state index contributed by atoms with van der Waals surface area (Å²) < 4.78 is 4.58. The van der Waals surface area contributed by atoms with Crippen molar-refractivity contribution in [1.82, 2.24) is 4.98 Å². The van der Waals surface area contributed by atoms with Gasteiger partial charge in [0.2, 0.25) is 0 Å². The molecule has 0 saturated carbocycles. The molecular formula is C9H7ClN2O2. The first-order valence-corrected chi connectivity index (χ1v) is 4.09. The van der Waals surface area contributed by atoms with E-state index in [2.05, 4.69) is 21.0 Å². The number of carbonyl (C=O) groups excluding carboxylic acids is 1. The molecule has 0 atom stereocenters. The maximum Gasteiger partial charge on any atom is 0.412 e. The molecule has 0 spiro atoms. The van der Waals surface area contributed by atoms with Crippen molar-refractivity contribution < 1.29 is 9.53 Å². The average Bonchev–Trinajstić information content (AvgIpc) is 2.18. The number of hydrogen-bond acceptors (Lipinski definition) is 3. The van der Waals surface area contributed by atoms with E-state index in [0.29, 0.717) is 10.8 Å². The second kappa shape index (κ2) is 5.10. The zero-order valence-corrected chi connectivity index (χ0v) is 7.91. The van der Waals surface area contributed by atoms with Crippen molar-refractivity contribution in [3.8, 4) is 12.3 Å². The minimum absolute atomic E-state index is 0.0626. The van der Waals surface area contributed by atoms with Gasteiger partial charge >= 0.3 is 6.09 Å². The number of ether oxygens (including phenoxy) is 1. The Hall–Kier alpha value is -1.73. The fourth-order valence-corrected chi connectivity index (χ4v) is 0.823. The van der Waals surface area contributed by atoms with Gasteiger partial charge in [0.05, 0.1) is 11.9 Å². The molecule has 1 heterocycles. The highest BCUT2D eigenvalue weighted by atomic mass is 35.5. The van der Waals surface area contributed by atoms with Gasteiger partial charge in [-0.25, -0.2) is 9.78 Å². The molecule has 0 aliphatic heterocycles. The van der Waals surface area contributed by atoms with Crippen molar-refractivity contribution in [2.24, 2.45) is 0 Å². The monoisotopic (exact) mass is 210 g/mol. The number of terminal acetylenes is 1. The highest BCUT2D eigenvalue weighted by molar-refractivity contribution is 6.29. The lowest BCUT2D eigenvalue weighted by Gasteiger charge is -2.03. The Labute approximate surface area is 86.2 Å². The molecular weight excluding hydrogens is 204 g/mol. The van der Waals surface area contributed by atoms with E-state index >= 15 is 0 Å². The van der Waals surface area contributed by atoms with Crippen LogP contribution in [0.15, 0.2) is 18.3 Å². The quantitative estimate of drug-likeness (QED) is 0.599. The largest absolute Gasteiger partial charge is 0.436 e. The van der Waals surface area contributed by atoms with Crippen molar-refractivity contribution >= 4 is 23.4 Å². The van der Waals surface area contributed by atoms with Gasteiger partial charge in [0, 0.05) is 0 Å².